The molecule has 10 aromatic carbocycles. The number of hydrogen-bond donors (Lipinski definition) is 0. The highest BCUT2D eigenvalue weighted by Crippen LogP contribution is 2.46. The highest BCUT2D eigenvalue weighted by molar-refractivity contribution is 6.17. The summed E-state index contributed by atoms with van der Waals surface area (Å²) in [6.45, 7) is 0. The molecule has 0 saturated carbocycles. The third-order valence-corrected chi connectivity index (χ3v) is 10.6. The van der Waals surface area contributed by atoms with Crippen LogP contribution in [-0.4, -0.2) is 4.57 Å². The van der Waals surface area contributed by atoms with Gasteiger partial charge in [-0.3, -0.25) is 0 Å². The van der Waals surface area contributed by atoms with Gasteiger partial charge in [-0.05, 0) is 104 Å². The molecule has 1 heterocycles. The molecule has 0 aliphatic rings. The van der Waals surface area contributed by atoms with Gasteiger partial charge in [0.1, 0.15) is 0 Å². The third-order valence-electron chi connectivity index (χ3n) is 10.6. The van der Waals surface area contributed by atoms with Crippen LogP contribution in [0.4, 0.5) is 17.1 Å². The average Bonchev–Trinajstić information content (AvgIpc) is 3.75. The Morgan fingerprint density at radius 3 is 1.53 bits per heavy atom. The Bertz CT molecular complexity index is 3900. The monoisotopic (exact) mass is 752 g/mol. The summed E-state index contributed by atoms with van der Waals surface area (Å²) in [4.78, 5) is 2.02. The van der Waals surface area contributed by atoms with Gasteiger partial charge >= 0.3 is 0 Å². The zero-order chi connectivity index (χ0) is 50.6. The first-order chi connectivity index (χ1) is 34.6. The van der Waals surface area contributed by atoms with Gasteiger partial charge in [0.25, 0.3) is 0 Å². The summed E-state index contributed by atoms with van der Waals surface area (Å²) in [5, 5.41) is 1.71. The van der Waals surface area contributed by atoms with Crippen molar-refractivity contribution in [3.63, 3.8) is 0 Å². The zero-order valence-electron chi connectivity index (χ0n) is 44.8. The van der Waals surface area contributed by atoms with Crippen LogP contribution in [0.5, 0.6) is 0 Å². The fourth-order valence-corrected chi connectivity index (χ4v) is 8.03. The molecular formula is C56H38N2. The molecule has 0 amide bonds. The second-order valence-corrected chi connectivity index (χ2v) is 13.8. The van der Waals surface area contributed by atoms with E-state index in [-0.39, 0.29) is 44.8 Å². The van der Waals surface area contributed by atoms with Crippen LogP contribution in [0.2, 0.25) is 0 Å². The molecule has 11 aromatic rings. The van der Waals surface area contributed by atoms with E-state index in [0.29, 0.717) is 22.5 Å². The molecule has 0 aliphatic heterocycles. The normalized spacial score (nSPS) is 14.8. The first-order valence-corrected chi connectivity index (χ1v) is 18.8. The number of aromatic nitrogens is 1. The van der Waals surface area contributed by atoms with Gasteiger partial charge in [0.2, 0.25) is 0 Å². The van der Waals surface area contributed by atoms with Crippen molar-refractivity contribution >= 4 is 60.4 Å². The van der Waals surface area contributed by atoms with Crippen LogP contribution in [-0.2, 0) is 0 Å². The summed E-state index contributed by atoms with van der Waals surface area (Å²) in [5.41, 5.74) is 7.72. The maximum absolute atomic E-state index is 9.04. The van der Waals surface area contributed by atoms with Crippen molar-refractivity contribution in [2.75, 3.05) is 4.90 Å². The van der Waals surface area contributed by atoms with Crippen LogP contribution in [0.25, 0.3) is 82.4 Å². The van der Waals surface area contributed by atoms with Crippen LogP contribution in [0.15, 0.2) is 230 Å². The number of nitrogens with zero attached hydrogens (tertiary/aromatic N) is 2. The van der Waals surface area contributed by atoms with E-state index in [0.717, 1.165) is 44.3 Å². The smallest absolute Gasteiger partial charge is 0.0629 e. The highest BCUT2D eigenvalue weighted by atomic mass is 15.1. The molecule has 0 unspecified atom stereocenters. The topological polar surface area (TPSA) is 8.17 Å². The Hall–Kier alpha value is -7.68. The molecule has 0 bridgehead atoms. The lowest BCUT2D eigenvalue weighted by molar-refractivity contribution is 1.18. The predicted octanol–water partition coefficient (Wildman–Crippen LogP) is 15.6. The van der Waals surface area contributed by atoms with Crippen molar-refractivity contribution in [2.45, 2.75) is 0 Å². The SMILES string of the molecule is [2H]c1c([2H])c([2H])c2c(-c3ccc(N(c4ccc(-c5c([2H])c([2H])c([2H])c6c([2H])c([2H])c([2H])c([2H])c56)cc4)c4ccccc4-c4cccc5c4c4ccccc4n5-c4ccccc4)cc3)c([2H])c([2H])c([2H])c2c1[2H]. The van der Waals surface area contributed by atoms with Crippen molar-refractivity contribution in [3.8, 4) is 39.1 Å². The molecule has 2 heteroatoms. The molecule has 1 aromatic heterocycles. The molecule has 2 nitrogen and oxygen atoms in total. The van der Waals surface area contributed by atoms with E-state index < -0.39 is 72.5 Å². The Kier molecular flexibility index (Phi) is 5.39. The fourth-order valence-electron chi connectivity index (χ4n) is 8.03. The van der Waals surface area contributed by atoms with Gasteiger partial charge in [-0.1, -0.05) is 176 Å². The van der Waals surface area contributed by atoms with E-state index >= 15 is 0 Å². The van der Waals surface area contributed by atoms with Crippen LogP contribution in [0, 0.1) is 0 Å². The number of hydrogen-bond acceptors (Lipinski definition) is 1. The highest BCUT2D eigenvalue weighted by Gasteiger charge is 2.22. The second kappa shape index (κ2) is 14.1. The second-order valence-electron chi connectivity index (χ2n) is 13.8. The molecule has 272 valence electrons. The van der Waals surface area contributed by atoms with E-state index in [2.05, 4.69) is 41.0 Å². The van der Waals surface area contributed by atoms with Crippen LogP contribution in [0.3, 0.4) is 0 Å². The molecule has 0 N–H and O–H groups in total. The van der Waals surface area contributed by atoms with E-state index in [1.807, 2.05) is 89.8 Å². The predicted molar refractivity (Wildman–Crippen MR) is 247 cm³/mol. The maximum atomic E-state index is 9.04. The Balaban J connectivity index is 1.15. The van der Waals surface area contributed by atoms with Crippen LogP contribution in [0.1, 0.15) is 19.2 Å². The van der Waals surface area contributed by atoms with Gasteiger partial charge in [0, 0.05) is 33.4 Å². The first-order valence-electron chi connectivity index (χ1n) is 25.8. The van der Waals surface area contributed by atoms with Crippen molar-refractivity contribution in [1.82, 2.24) is 4.57 Å². The first kappa shape index (κ1) is 22.2. The fraction of sp³-hybridized carbons (Fsp3) is 0. The molecule has 11 rings (SSSR count). The standard InChI is InChI=1S/C56H38N2/c1-2-19-43(20-3-1)58-54-29-11-9-24-52(54)56-51(27-14-30-55(56)58)50-23-8-10-28-53(50)57(44-35-31-41(32-36-44)48-25-12-17-39-15-4-6-21-46(39)48)45-37-33-42(34-38-45)49-26-13-18-40-16-5-7-22-47(40)49/h1-38H/i4D,5D,6D,7D,12D,13D,15D,16D,17D,18D,21D,22D,25D,26D. The average molecular weight is 753 g/mol. The Morgan fingerprint density at radius 1 is 0.362 bits per heavy atom. The van der Waals surface area contributed by atoms with Gasteiger partial charge < -0.3 is 9.47 Å². The molecular weight excluding hydrogens is 701 g/mol. The Labute approximate surface area is 357 Å². The summed E-state index contributed by atoms with van der Waals surface area (Å²) in [6.07, 6.45) is 0. The van der Waals surface area contributed by atoms with Gasteiger partial charge in [-0.25, -0.2) is 0 Å². The minimum atomic E-state index is -0.537. The minimum Gasteiger partial charge on any atom is -0.310 e. The molecule has 0 fully saturated rings. The van der Waals surface area contributed by atoms with Crippen molar-refractivity contribution < 1.29 is 19.2 Å². The largest absolute Gasteiger partial charge is 0.310 e. The van der Waals surface area contributed by atoms with Crippen molar-refractivity contribution in [1.29, 1.82) is 0 Å². The lowest BCUT2D eigenvalue weighted by Gasteiger charge is -2.28. The van der Waals surface area contributed by atoms with Gasteiger partial charge in [0.05, 0.1) is 35.9 Å². The summed E-state index contributed by atoms with van der Waals surface area (Å²) in [6, 6.07) is 40.2. The van der Waals surface area contributed by atoms with E-state index in [4.69, 9.17) is 19.2 Å². The number of benzene rings is 10. The lowest BCUT2D eigenvalue weighted by atomic mass is 9.95. The van der Waals surface area contributed by atoms with Gasteiger partial charge in [0.15, 0.2) is 0 Å². The summed E-state index contributed by atoms with van der Waals surface area (Å²) in [5.74, 6) is 0. The summed E-state index contributed by atoms with van der Waals surface area (Å²) < 4.78 is 124. The molecule has 0 saturated heterocycles. The van der Waals surface area contributed by atoms with Crippen LogP contribution >= 0.6 is 0 Å². The zero-order valence-corrected chi connectivity index (χ0v) is 30.8. The van der Waals surface area contributed by atoms with Gasteiger partial charge in [-0.2, -0.15) is 0 Å². The van der Waals surface area contributed by atoms with Gasteiger partial charge in [-0.15, -0.1) is 0 Å². The summed E-state index contributed by atoms with van der Waals surface area (Å²) >= 11 is 0. The Morgan fingerprint density at radius 2 is 0.879 bits per heavy atom. The molecule has 58 heavy (non-hydrogen) atoms. The van der Waals surface area contributed by atoms with Crippen molar-refractivity contribution in [2.24, 2.45) is 0 Å². The molecule has 0 radical (unpaired) electrons. The molecule has 0 aliphatic carbocycles. The number of anilines is 3. The lowest BCUT2D eigenvalue weighted by Crippen LogP contribution is -2.11. The quantitative estimate of drug-likeness (QED) is 0.157. The van der Waals surface area contributed by atoms with Crippen LogP contribution < -0.4 is 4.90 Å². The maximum Gasteiger partial charge on any atom is 0.0629 e. The van der Waals surface area contributed by atoms with E-state index in [1.165, 1.54) is 0 Å². The third kappa shape index (κ3) is 5.66. The van der Waals surface area contributed by atoms with Crippen molar-refractivity contribution in [3.05, 3.63) is 230 Å². The number of para-hydroxylation sites is 3. The van der Waals surface area contributed by atoms with E-state index in [9.17, 15) is 0 Å². The van der Waals surface area contributed by atoms with E-state index in [1.54, 1.807) is 24.3 Å². The molecule has 0 atom stereocenters. The minimum absolute atomic E-state index is 0.0271. The molecule has 0 spiro atoms. The number of fused-ring (bicyclic) bond motifs is 5. The summed E-state index contributed by atoms with van der Waals surface area (Å²) in [7, 11) is 0. The number of rotatable bonds is 7.